The molecule has 0 saturated carbocycles. The van der Waals surface area contributed by atoms with E-state index in [1.807, 2.05) is 6.07 Å². The molecule has 0 bridgehead atoms. The van der Waals surface area contributed by atoms with Crippen molar-refractivity contribution in [2.75, 3.05) is 7.11 Å². The number of hydrogen-bond donors (Lipinski definition) is 1. The number of hydrogen-bond acceptors (Lipinski definition) is 2. The van der Waals surface area contributed by atoms with Gasteiger partial charge in [-0.3, -0.25) is 0 Å². The smallest absolute Gasteiger partial charge is 0.340 e. The predicted octanol–water partition coefficient (Wildman–Crippen LogP) is 3.71. The van der Waals surface area contributed by atoms with E-state index in [9.17, 15) is 9.90 Å². The molecule has 0 aromatic heterocycles. The lowest BCUT2D eigenvalue weighted by Crippen LogP contribution is -2.03. The lowest BCUT2D eigenvalue weighted by atomic mass is 9.99. The minimum absolute atomic E-state index is 0.141. The number of aromatic carboxylic acids is 1. The maximum Gasteiger partial charge on any atom is 0.340 e. The Morgan fingerprint density at radius 3 is 2.56 bits per heavy atom. The molecular weight excluding hydrogens is 252 g/mol. The van der Waals surface area contributed by atoms with E-state index in [2.05, 4.69) is 0 Å². The van der Waals surface area contributed by atoms with Crippen molar-refractivity contribution >= 4 is 17.6 Å². The summed E-state index contributed by atoms with van der Waals surface area (Å²) in [6, 6.07) is 12.2. The number of carboxylic acids is 1. The zero-order chi connectivity index (χ0) is 13.1. The molecule has 0 amide bonds. The van der Waals surface area contributed by atoms with E-state index >= 15 is 0 Å². The van der Waals surface area contributed by atoms with Gasteiger partial charge in [0.05, 0.1) is 7.11 Å². The van der Waals surface area contributed by atoms with Crippen molar-refractivity contribution in [2.45, 2.75) is 0 Å². The van der Waals surface area contributed by atoms with Crippen LogP contribution in [-0.4, -0.2) is 18.2 Å². The molecule has 0 atom stereocenters. The Labute approximate surface area is 110 Å². The quantitative estimate of drug-likeness (QED) is 0.917. The Kier molecular flexibility index (Phi) is 3.53. The van der Waals surface area contributed by atoms with E-state index in [0.29, 0.717) is 16.3 Å². The summed E-state index contributed by atoms with van der Waals surface area (Å²) in [5.74, 6) is -0.692. The van der Waals surface area contributed by atoms with E-state index in [-0.39, 0.29) is 5.56 Å². The molecule has 3 nitrogen and oxygen atoms in total. The molecule has 0 aliphatic heterocycles. The van der Waals surface area contributed by atoms with Crippen molar-refractivity contribution in [1.29, 1.82) is 0 Å². The molecule has 4 heteroatoms. The molecule has 0 heterocycles. The number of benzene rings is 2. The molecule has 0 unspecified atom stereocenters. The Morgan fingerprint density at radius 1 is 1.22 bits per heavy atom. The summed E-state index contributed by atoms with van der Waals surface area (Å²) >= 11 is 5.92. The van der Waals surface area contributed by atoms with Gasteiger partial charge in [0.15, 0.2) is 0 Å². The molecule has 2 rings (SSSR count). The van der Waals surface area contributed by atoms with Gasteiger partial charge in [-0.2, -0.15) is 0 Å². The summed E-state index contributed by atoms with van der Waals surface area (Å²) in [4.78, 5) is 11.3. The number of halogens is 1. The van der Waals surface area contributed by atoms with Crippen LogP contribution < -0.4 is 4.74 Å². The molecular formula is C14H11ClO3. The molecule has 2 aromatic rings. The first-order valence-electron chi connectivity index (χ1n) is 5.29. The van der Waals surface area contributed by atoms with Crippen molar-refractivity contribution in [3.63, 3.8) is 0 Å². The van der Waals surface area contributed by atoms with Gasteiger partial charge >= 0.3 is 5.97 Å². The molecule has 0 radical (unpaired) electrons. The molecule has 0 saturated heterocycles. The fourth-order valence-electron chi connectivity index (χ4n) is 1.82. The monoisotopic (exact) mass is 262 g/mol. The van der Waals surface area contributed by atoms with Gasteiger partial charge in [0.1, 0.15) is 11.3 Å². The van der Waals surface area contributed by atoms with Crippen molar-refractivity contribution < 1.29 is 14.6 Å². The summed E-state index contributed by atoms with van der Waals surface area (Å²) in [5.41, 5.74) is 1.48. The SMILES string of the molecule is COc1cccc(-c2cccc(Cl)c2)c1C(=O)O. The molecule has 2 aromatic carbocycles. The van der Waals surface area contributed by atoms with E-state index in [4.69, 9.17) is 16.3 Å². The first kappa shape index (κ1) is 12.5. The summed E-state index contributed by atoms with van der Waals surface area (Å²) in [6.45, 7) is 0. The summed E-state index contributed by atoms with van der Waals surface area (Å²) < 4.78 is 5.09. The molecule has 92 valence electrons. The lowest BCUT2D eigenvalue weighted by Gasteiger charge is -2.10. The van der Waals surface area contributed by atoms with Crippen LogP contribution in [-0.2, 0) is 0 Å². The van der Waals surface area contributed by atoms with Gasteiger partial charge in [0.25, 0.3) is 0 Å². The number of rotatable bonds is 3. The van der Waals surface area contributed by atoms with E-state index in [1.165, 1.54) is 7.11 Å². The van der Waals surface area contributed by atoms with Crippen LogP contribution in [0.25, 0.3) is 11.1 Å². The normalized spacial score (nSPS) is 10.1. The maximum absolute atomic E-state index is 11.3. The van der Waals surface area contributed by atoms with Crippen molar-refractivity contribution in [3.05, 3.63) is 53.1 Å². The standard InChI is InChI=1S/C14H11ClO3/c1-18-12-7-3-6-11(13(12)14(16)17)9-4-2-5-10(15)8-9/h2-8H,1H3,(H,16,17). The highest BCUT2D eigenvalue weighted by atomic mass is 35.5. The van der Waals surface area contributed by atoms with E-state index in [0.717, 1.165) is 5.56 Å². The fourth-order valence-corrected chi connectivity index (χ4v) is 2.01. The van der Waals surface area contributed by atoms with Gasteiger partial charge in [0, 0.05) is 5.02 Å². The Balaban J connectivity index is 2.67. The third-order valence-electron chi connectivity index (χ3n) is 2.60. The number of carboxylic acid groups (broad SMARTS) is 1. The van der Waals surface area contributed by atoms with Gasteiger partial charge in [-0.1, -0.05) is 35.9 Å². The minimum Gasteiger partial charge on any atom is -0.496 e. The lowest BCUT2D eigenvalue weighted by molar-refractivity contribution is 0.0694. The zero-order valence-electron chi connectivity index (χ0n) is 9.68. The van der Waals surface area contributed by atoms with Gasteiger partial charge in [-0.05, 0) is 29.3 Å². The average Bonchev–Trinajstić information content (AvgIpc) is 2.37. The largest absolute Gasteiger partial charge is 0.496 e. The first-order valence-corrected chi connectivity index (χ1v) is 5.67. The van der Waals surface area contributed by atoms with Crippen LogP contribution in [0.15, 0.2) is 42.5 Å². The van der Waals surface area contributed by atoms with Gasteiger partial charge in [-0.25, -0.2) is 4.79 Å². The second-order valence-corrected chi connectivity index (χ2v) is 4.13. The van der Waals surface area contributed by atoms with Crippen LogP contribution in [0.3, 0.4) is 0 Å². The Bertz CT molecular complexity index is 593. The van der Waals surface area contributed by atoms with Crippen LogP contribution in [0, 0.1) is 0 Å². The summed E-state index contributed by atoms with van der Waals surface area (Å²) in [7, 11) is 1.45. The summed E-state index contributed by atoms with van der Waals surface area (Å²) in [6.07, 6.45) is 0. The molecule has 0 spiro atoms. The molecule has 0 fully saturated rings. The maximum atomic E-state index is 11.3. The molecule has 18 heavy (non-hydrogen) atoms. The van der Waals surface area contributed by atoms with Crippen LogP contribution in [0.5, 0.6) is 5.75 Å². The van der Waals surface area contributed by atoms with Gasteiger partial charge in [0.2, 0.25) is 0 Å². The molecule has 0 aliphatic rings. The average molecular weight is 263 g/mol. The first-order chi connectivity index (χ1) is 8.63. The topological polar surface area (TPSA) is 46.5 Å². The molecule has 1 N–H and O–H groups in total. The van der Waals surface area contributed by atoms with E-state index < -0.39 is 5.97 Å². The number of methoxy groups -OCH3 is 1. The highest BCUT2D eigenvalue weighted by Gasteiger charge is 2.17. The predicted molar refractivity (Wildman–Crippen MR) is 70.4 cm³/mol. The summed E-state index contributed by atoms with van der Waals surface area (Å²) in [5, 5.41) is 9.86. The van der Waals surface area contributed by atoms with Crippen LogP contribution in [0.2, 0.25) is 5.02 Å². The highest BCUT2D eigenvalue weighted by molar-refractivity contribution is 6.30. The number of carbonyl (C=O) groups is 1. The Morgan fingerprint density at radius 2 is 1.94 bits per heavy atom. The van der Waals surface area contributed by atoms with Crippen molar-refractivity contribution in [2.24, 2.45) is 0 Å². The van der Waals surface area contributed by atoms with Crippen LogP contribution >= 0.6 is 11.6 Å². The van der Waals surface area contributed by atoms with Gasteiger partial charge < -0.3 is 9.84 Å². The van der Waals surface area contributed by atoms with E-state index in [1.54, 1.807) is 36.4 Å². The van der Waals surface area contributed by atoms with Crippen molar-refractivity contribution in [3.8, 4) is 16.9 Å². The van der Waals surface area contributed by atoms with Crippen LogP contribution in [0.4, 0.5) is 0 Å². The zero-order valence-corrected chi connectivity index (χ0v) is 10.4. The minimum atomic E-state index is -1.03. The molecule has 0 aliphatic carbocycles. The third-order valence-corrected chi connectivity index (χ3v) is 2.83. The highest BCUT2D eigenvalue weighted by Crippen LogP contribution is 2.31. The second-order valence-electron chi connectivity index (χ2n) is 3.70. The Hall–Kier alpha value is -2.00. The third kappa shape index (κ3) is 2.31. The fraction of sp³-hybridized carbons (Fsp3) is 0.0714. The van der Waals surface area contributed by atoms with Gasteiger partial charge in [-0.15, -0.1) is 0 Å². The number of ether oxygens (including phenoxy) is 1. The second kappa shape index (κ2) is 5.10. The van der Waals surface area contributed by atoms with Crippen LogP contribution in [0.1, 0.15) is 10.4 Å². The van der Waals surface area contributed by atoms with Crippen molar-refractivity contribution in [1.82, 2.24) is 0 Å².